The van der Waals surface area contributed by atoms with Crippen LogP contribution in [-0.2, 0) is 4.79 Å². The third kappa shape index (κ3) is 2.89. The summed E-state index contributed by atoms with van der Waals surface area (Å²) in [5, 5.41) is 9.76. The summed E-state index contributed by atoms with van der Waals surface area (Å²) in [6.07, 6.45) is 0. The van der Waals surface area contributed by atoms with Crippen LogP contribution in [0.1, 0.15) is 18.5 Å². The molecule has 8 nitrogen and oxygen atoms in total. The third-order valence-electron chi connectivity index (χ3n) is 4.59. The Balaban J connectivity index is 1.92. The highest BCUT2D eigenvalue weighted by molar-refractivity contribution is 7.13. The molecule has 3 heterocycles. The minimum atomic E-state index is -0.573. The van der Waals surface area contributed by atoms with Gasteiger partial charge in [0, 0.05) is 17.3 Å². The Bertz CT molecular complexity index is 1070. The van der Waals surface area contributed by atoms with Gasteiger partial charge in [0.15, 0.2) is 5.82 Å². The van der Waals surface area contributed by atoms with Gasteiger partial charge in [0.1, 0.15) is 17.5 Å². The Morgan fingerprint density at radius 3 is 2.75 bits per heavy atom. The monoisotopic (exact) mass is 397 g/mol. The lowest BCUT2D eigenvalue weighted by molar-refractivity contribution is -0.115. The molecule has 0 spiro atoms. The lowest BCUT2D eigenvalue weighted by atomic mass is 9.94. The molecule has 9 heteroatoms. The summed E-state index contributed by atoms with van der Waals surface area (Å²) >= 11 is 1.54. The fourth-order valence-corrected chi connectivity index (χ4v) is 3.97. The molecule has 1 atom stereocenters. The maximum absolute atomic E-state index is 12.3. The van der Waals surface area contributed by atoms with Gasteiger partial charge in [-0.15, -0.1) is 16.4 Å². The van der Waals surface area contributed by atoms with Crippen molar-refractivity contribution in [1.82, 2.24) is 14.8 Å². The third-order valence-corrected chi connectivity index (χ3v) is 5.46. The first kappa shape index (κ1) is 18.1. The molecule has 0 aliphatic carbocycles. The molecule has 3 aromatic rings. The first-order valence-electron chi connectivity index (χ1n) is 8.53. The van der Waals surface area contributed by atoms with Crippen molar-refractivity contribution in [1.29, 1.82) is 0 Å². The zero-order chi connectivity index (χ0) is 19.8. The Morgan fingerprint density at radius 2 is 2.11 bits per heavy atom. The van der Waals surface area contributed by atoms with Crippen LogP contribution < -0.4 is 20.5 Å². The molecular formula is C19H19N5O3S. The Morgan fingerprint density at radius 1 is 1.29 bits per heavy atom. The minimum Gasteiger partial charge on any atom is -0.497 e. The maximum Gasteiger partial charge on any atom is 0.248 e. The second kappa shape index (κ2) is 7.01. The number of nitrogens with one attached hydrogen (secondary N) is 1. The lowest BCUT2D eigenvalue weighted by Gasteiger charge is -2.28. The van der Waals surface area contributed by atoms with E-state index in [0.29, 0.717) is 34.5 Å². The summed E-state index contributed by atoms with van der Waals surface area (Å²) in [5.74, 6) is 1.79. The number of hydrogen-bond donors (Lipinski definition) is 2. The maximum atomic E-state index is 12.3. The molecule has 0 fully saturated rings. The van der Waals surface area contributed by atoms with Crippen molar-refractivity contribution in [2.75, 3.05) is 19.5 Å². The number of nitrogens with two attached hydrogens (primary N) is 1. The van der Waals surface area contributed by atoms with E-state index in [1.54, 1.807) is 43.2 Å². The first-order valence-corrected chi connectivity index (χ1v) is 9.41. The average molecular weight is 397 g/mol. The van der Waals surface area contributed by atoms with Crippen molar-refractivity contribution in [3.05, 3.63) is 52.5 Å². The zero-order valence-corrected chi connectivity index (χ0v) is 16.4. The number of methoxy groups -OCH3 is 2. The van der Waals surface area contributed by atoms with Gasteiger partial charge in [-0.1, -0.05) is 6.07 Å². The number of rotatable bonds is 5. The summed E-state index contributed by atoms with van der Waals surface area (Å²) in [6.45, 7) is 1.80. The molecule has 0 saturated heterocycles. The summed E-state index contributed by atoms with van der Waals surface area (Å²) in [4.78, 5) is 17.9. The van der Waals surface area contributed by atoms with Gasteiger partial charge in [0.05, 0.1) is 24.7 Å². The topological polar surface area (TPSA) is 104 Å². The molecule has 0 unspecified atom stereocenters. The van der Waals surface area contributed by atoms with Crippen LogP contribution in [-0.4, -0.2) is 34.9 Å². The Kier molecular flexibility index (Phi) is 4.52. The van der Waals surface area contributed by atoms with E-state index in [1.807, 2.05) is 29.6 Å². The van der Waals surface area contributed by atoms with Crippen molar-refractivity contribution >= 4 is 23.2 Å². The molecule has 0 radical (unpaired) electrons. The smallest absolute Gasteiger partial charge is 0.248 e. The highest BCUT2D eigenvalue weighted by Crippen LogP contribution is 2.41. The minimum absolute atomic E-state index is 0.401. The number of thiophene rings is 1. The summed E-state index contributed by atoms with van der Waals surface area (Å²) in [7, 11) is 3.15. The Hall–Kier alpha value is -3.33. The average Bonchev–Trinajstić information content (AvgIpc) is 3.35. The number of aromatic nitrogens is 3. The predicted octanol–water partition coefficient (Wildman–Crippen LogP) is 2.80. The number of primary amides is 1. The number of nitrogens with zero attached hydrogens (tertiary/aromatic N) is 3. The van der Waals surface area contributed by atoms with Crippen molar-refractivity contribution in [2.24, 2.45) is 5.73 Å². The molecule has 1 aliphatic rings. The zero-order valence-electron chi connectivity index (χ0n) is 15.6. The van der Waals surface area contributed by atoms with Gasteiger partial charge in [0.25, 0.3) is 0 Å². The van der Waals surface area contributed by atoms with Crippen LogP contribution in [0.2, 0.25) is 0 Å². The molecule has 144 valence electrons. The van der Waals surface area contributed by atoms with Gasteiger partial charge in [0.2, 0.25) is 11.9 Å². The van der Waals surface area contributed by atoms with Crippen LogP contribution in [0.5, 0.6) is 11.5 Å². The van der Waals surface area contributed by atoms with E-state index in [9.17, 15) is 4.79 Å². The quantitative estimate of drug-likeness (QED) is 0.686. The van der Waals surface area contributed by atoms with Gasteiger partial charge < -0.3 is 20.5 Å². The first-order chi connectivity index (χ1) is 13.5. The molecule has 1 aromatic carbocycles. The van der Waals surface area contributed by atoms with Crippen LogP contribution in [0.25, 0.3) is 10.7 Å². The van der Waals surface area contributed by atoms with Crippen LogP contribution in [0, 0.1) is 0 Å². The number of fused-ring (bicyclic) bond motifs is 1. The van der Waals surface area contributed by atoms with E-state index in [1.165, 1.54) is 0 Å². The number of anilines is 1. The van der Waals surface area contributed by atoms with E-state index in [4.69, 9.17) is 15.2 Å². The van der Waals surface area contributed by atoms with Gasteiger partial charge in [-0.25, -0.2) is 4.68 Å². The van der Waals surface area contributed by atoms with Gasteiger partial charge in [-0.2, -0.15) is 4.98 Å². The summed E-state index contributed by atoms with van der Waals surface area (Å²) in [5.41, 5.74) is 7.50. The van der Waals surface area contributed by atoms with E-state index in [0.717, 1.165) is 10.4 Å². The van der Waals surface area contributed by atoms with Crippen LogP contribution in [0.4, 0.5) is 5.95 Å². The number of allylic oxidation sites excluding steroid dienone is 1. The van der Waals surface area contributed by atoms with Crippen LogP contribution in [0.3, 0.4) is 0 Å². The molecular weight excluding hydrogens is 378 g/mol. The standard InChI is InChI=1S/C19H19N5O3S/c1-10-15(17(20)25)16(12-7-6-11(26-2)9-13(12)27-3)24-19(21-10)22-18(23-24)14-5-4-8-28-14/h4-9,16H,1-3H3,(H2,20,25)(H,21,22,23)/t16-/m0/s1. The normalized spacial score (nSPS) is 15.8. The molecule has 28 heavy (non-hydrogen) atoms. The van der Waals surface area contributed by atoms with Crippen molar-refractivity contribution < 1.29 is 14.3 Å². The SMILES string of the molecule is COc1ccc([C@H]2C(C(N)=O)=C(C)Nc3nc(-c4cccs4)nn32)c(OC)c1. The molecule has 1 amide bonds. The lowest BCUT2D eigenvalue weighted by Crippen LogP contribution is -2.32. The van der Waals surface area contributed by atoms with Crippen LogP contribution in [0.15, 0.2) is 47.0 Å². The number of carbonyl (C=O) groups is 1. The molecule has 2 aromatic heterocycles. The van der Waals surface area contributed by atoms with E-state index < -0.39 is 11.9 Å². The second-order valence-electron chi connectivity index (χ2n) is 6.22. The molecule has 0 bridgehead atoms. The summed E-state index contributed by atoms with van der Waals surface area (Å²) in [6, 6.07) is 8.74. The van der Waals surface area contributed by atoms with Crippen molar-refractivity contribution in [3.8, 4) is 22.2 Å². The molecule has 3 N–H and O–H groups in total. The molecule has 4 rings (SSSR count). The highest BCUT2D eigenvalue weighted by Gasteiger charge is 2.35. The van der Waals surface area contributed by atoms with E-state index in [2.05, 4.69) is 15.4 Å². The number of ether oxygens (including phenoxy) is 2. The molecule has 0 saturated carbocycles. The van der Waals surface area contributed by atoms with Gasteiger partial charge in [-0.3, -0.25) is 4.79 Å². The fourth-order valence-electron chi connectivity index (χ4n) is 3.31. The number of benzene rings is 1. The largest absolute Gasteiger partial charge is 0.497 e. The fraction of sp³-hybridized carbons (Fsp3) is 0.211. The highest BCUT2D eigenvalue weighted by atomic mass is 32.1. The number of carbonyl (C=O) groups excluding carboxylic acids is 1. The van der Waals surface area contributed by atoms with E-state index >= 15 is 0 Å². The number of hydrogen-bond acceptors (Lipinski definition) is 7. The van der Waals surface area contributed by atoms with Crippen molar-refractivity contribution in [2.45, 2.75) is 13.0 Å². The van der Waals surface area contributed by atoms with Gasteiger partial charge in [-0.05, 0) is 30.5 Å². The van der Waals surface area contributed by atoms with Crippen LogP contribution >= 0.6 is 11.3 Å². The summed E-state index contributed by atoms with van der Waals surface area (Å²) < 4.78 is 12.5. The Labute approximate surface area is 165 Å². The number of amides is 1. The van der Waals surface area contributed by atoms with Crippen molar-refractivity contribution in [3.63, 3.8) is 0 Å². The van der Waals surface area contributed by atoms with E-state index in [-0.39, 0.29) is 0 Å². The molecule has 1 aliphatic heterocycles. The predicted molar refractivity (Wildman–Crippen MR) is 107 cm³/mol. The second-order valence-corrected chi connectivity index (χ2v) is 7.17. The van der Waals surface area contributed by atoms with Gasteiger partial charge >= 0.3 is 0 Å².